The maximum Gasteiger partial charge on any atom is 0.325 e. The lowest BCUT2D eigenvalue weighted by Crippen LogP contribution is -2.50. The maximum atomic E-state index is 15.3. The predicted molar refractivity (Wildman–Crippen MR) is 177 cm³/mol. The summed E-state index contributed by atoms with van der Waals surface area (Å²) >= 11 is 5.37. The number of H-pyrrole nitrogens is 1. The molecule has 266 valence electrons. The first-order valence-corrected chi connectivity index (χ1v) is 20.5. The molecule has 0 aliphatic carbocycles. The summed E-state index contributed by atoms with van der Waals surface area (Å²) in [6.45, 7) is 4.47. The van der Waals surface area contributed by atoms with Crippen LogP contribution in [0.15, 0.2) is 23.8 Å². The summed E-state index contributed by atoms with van der Waals surface area (Å²) in [6, 6.07) is 0. The number of imidazole rings is 2. The Morgan fingerprint density at radius 2 is 1.73 bits per heavy atom. The van der Waals surface area contributed by atoms with Crippen molar-refractivity contribution in [1.29, 1.82) is 0 Å². The lowest BCUT2D eigenvalue weighted by Gasteiger charge is -2.40. The molecule has 2 aliphatic heterocycles. The Hall–Kier alpha value is -3.31. The van der Waals surface area contributed by atoms with Gasteiger partial charge in [0.2, 0.25) is 17.9 Å². The molecule has 6 heterocycles. The Balaban J connectivity index is 1.27. The number of aromatic amines is 1. The molecule has 2 aliphatic rings. The number of aliphatic hydroxyl groups excluding tert-OH is 1. The first-order valence-electron chi connectivity index (χ1n) is 15.0. The molecule has 49 heavy (non-hydrogen) atoms. The van der Waals surface area contributed by atoms with E-state index in [0.29, 0.717) is 0 Å². The fraction of sp³-hybridized carbons (Fsp3) is 0.577. The highest BCUT2D eigenvalue weighted by atomic mass is 32.5. The minimum absolute atomic E-state index is 0.0284. The zero-order valence-electron chi connectivity index (χ0n) is 27.0. The Bertz CT molecular complexity index is 2010. The summed E-state index contributed by atoms with van der Waals surface area (Å²) in [7, 11) is -2.61. The highest BCUT2D eigenvalue weighted by Crippen LogP contribution is 2.52. The molecule has 0 spiro atoms. The molecular weight excluding hydrogens is 706 g/mol. The quantitative estimate of drug-likeness (QED) is 0.111. The fourth-order valence-electron chi connectivity index (χ4n) is 5.33. The third-order valence-corrected chi connectivity index (χ3v) is 14.9. The van der Waals surface area contributed by atoms with E-state index >= 15 is 4.39 Å². The summed E-state index contributed by atoms with van der Waals surface area (Å²) < 4.78 is 48.0. The van der Waals surface area contributed by atoms with Crippen LogP contribution in [0.1, 0.15) is 33.2 Å². The van der Waals surface area contributed by atoms with Crippen molar-refractivity contribution in [3.05, 3.63) is 29.3 Å². The number of hydrogen-bond acceptors (Lipinski definition) is 16. The summed E-state index contributed by atoms with van der Waals surface area (Å²) in [5.41, 5.74) is 11.3. The molecule has 8 atom stereocenters. The van der Waals surface area contributed by atoms with Gasteiger partial charge in [0.25, 0.3) is 5.56 Å². The van der Waals surface area contributed by atoms with Crippen molar-refractivity contribution in [3.8, 4) is 0 Å². The molecular formula is C26H36FN10O9PSSi. The van der Waals surface area contributed by atoms with Crippen LogP contribution in [-0.4, -0.2) is 107 Å². The van der Waals surface area contributed by atoms with Gasteiger partial charge < -0.3 is 39.9 Å². The minimum Gasteiger partial charge on any atom is -0.408 e. The normalized spacial score (nSPS) is 27.8. The average Bonchev–Trinajstić information content (AvgIpc) is 3.77. The van der Waals surface area contributed by atoms with Crippen LogP contribution in [0.4, 0.5) is 16.2 Å². The first-order chi connectivity index (χ1) is 22.9. The number of anilines is 2. The SMILES string of the molecule is CC(C)(C)[Si](C)(C)OC1C(OP(O)(=S)OC[C@H]2O[C@@H](n3cnc4c(N)ncnc43)C(F)C2=O)[C@H](n2cnc3c(=O)[nH]c(N)nc32)O[C@@H]1CO. The molecule has 0 radical (unpaired) electrons. The van der Waals surface area contributed by atoms with E-state index in [1.807, 2.05) is 33.9 Å². The summed E-state index contributed by atoms with van der Waals surface area (Å²) in [4.78, 5) is 59.5. The molecule has 19 nitrogen and oxygen atoms in total. The van der Waals surface area contributed by atoms with Crippen molar-refractivity contribution in [2.75, 3.05) is 24.7 Å². The fourth-order valence-corrected chi connectivity index (χ4v) is 8.05. The van der Waals surface area contributed by atoms with Gasteiger partial charge in [-0.05, 0) is 29.9 Å². The van der Waals surface area contributed by atoms with Crippen LogP contribution in [0, 0.1) is 0 Å². The number of rotatable bonds is 10. The minimum atomic E-state index is -4.32. The smallest absolute Gasteiger partial charge is 0.325 e. The predicted octanol–water partition coefficient (Wildman–Crippen LogP) is 0.827. The van der Waals surface area contributed by atoms with Crippen molar-refractivity contribution < 1.29 is 42.1 Å². The van der Waals surface area contributed by atoms with Crippen LogP contribution < -0.4 is 17.0 Å². The average molecular weight is 743 g/mol. The molecule has 0 amide bonds. The molecule has 0 bridgehead atoms. The number of nitrogens with zero attached hydrogens (tertiary/aromatic N) is 7. The number of nitrogens with two attached hydrogens (primary N) is 2. The van der Waals surface area contributed by atoms with E-state index in [-0.39, 0.29) is 39.1 Å². The second-order valence-electron chi connectivity index (χ2n) is 13.1. The Morgan fingerprint density at radius 1 is 1.06 bits per heavy atom. The van der Waals surface area contributed by atoms with Crippen LogP contribution in [0.25, 0.3) is 22.3 Å². The molecule has 4 aromatic rings. The third-order valence-electron chi connectivity index (χ3n) is 8.88. The van der Waals surface area contributed by atoms with Gasteiger partial charge in [-0.1, -0.05) is 20.8 Å². The Kier molecular flexibility index (Phi) is 9.26. The number of nitrogens with one attached hydrogen (secondary N) is 1. The van der Waals surface area contributed by atoms with E-state index in [2.05, 4.69) is 29.9 Å². The molecule has 2 fully saturated rings. The number of nitrogen functional groups attached to an aromatic ring is 2. The number of ether oxygens (including phenoxy) is 2. The topological polar surface area (TPSA) is 263 Å². The van der Waals surface area contributed by atoms with Gasteiger partial charge in [-0.3, -0.25) is 28.2 Å². The second-order valence-corrected chi connectivity index (χ2v) is 20.6. The number of Topliss-reactive ketones (excluding diaryl/α,β-unsaturated/α-hetero) is 1. The number of fused-ring (bicyclic) bond motifs is 2. The molecule has 4 aromatic heterocycles. The second kappa shape index (κ2) is 12.8. The number of aromatic nitrogens is 8. The molecule has 0 aromatic carbocycles. The van der Waals surface area contributed by atoms with Gasteiger partial charge >= 0.3 is 6.72 Å². The highest BCUT2D eigenvalue weighted by molar-refractivity contribution is 8.07. The molecule has 7 N–H and O–H groups in total. The molecule has 2 saturated heterocycles. The van der Waals surface area contributed by atoms with Crippen molar-refractivity contribution in [1.82, 2.24) is 39.0 Å². The van der Waals surface area contributed by atoms with Crippen molar-refractivity contribution in [3.63, 3.8) is 0 Å². The van der Waals surface area contributed by atoms with Crippen molar-refractivity contribution >= 4 is 66.7 Å². The molecule has 0 saturated carbocycles. The van der Waals surface area contributed by atoms with Gasteiger partial charge in [0.05, 0.1) is 25.9 Å². The summed E-state index contributed by atoms with van der Waals surface area (Å²) in [5.74, 6) is -1.10. The summed E-state index contributed by atoms with van der Waals surface area (Å²) in [5, 5.41) is 10.1. The van der Waals surface area contributed by atoms with Gasteiger partial charge in [0.1, 0.15) is 36.3 Å². The van der Waals surface area contributed by atoms with E-state index in [1.54, 1.807) is 0 Å². The number of alkyl halides is 1. The largest absolute Gasteiger partial charge is 0.408 e. The van der Waals surface area contributed by atoms with E-state index in [9.17, 15) is 19.6 Å². The van der Waals surface area contributed by atoms with E-state index in [0.717, 1.165) is 0 Å². The molecule has 6 rings (SSSR count). The van der Waals surface area contributed by atoms with E-state index in [4.69, 9.17) is 46.2 Å². The zero-order chi connectivity index (χ0) is 35.6. The molecule has 23 heteroatoms. The van der Waals surface area contributed by atoms with Gasteiger partial charge in [-0.2, -0.15) is 4.98 Å². The van der Waals surface area contributed by atoms with Gasteiger partial charge in [0, 0.05) is 0 Å². The van der Waals surface area contributed by atoms with E-state index < -0.39 is 82.6 Å². The molecule has 4 unspecified atom stereocenters. The number of carbonyl (C=O) groups excluding carboxylic acids is 1. The lowest BCUT2D eigenvalue weighted by atomic mass is 10.1. The highest BCUT2D eigenvalue weighted by Gasteiger charge is 2.54. The van der Waals surface area contributed by atoms with Crippen LogP contribution in [0.2, 0.25) is 18.1 Å². The van der Waals surface area contributed by atoms with Gasteiger partial charge in [0.15, 0.2) is 43.4 Å². The zero-order valence-corrected chi connectivity index (χ0v) is 29.7. The van der Waals surface area contributed by atoms with Crippen LogP contribution >= 0.6 is 6.72 Å². The Labute approximate surface area is 283 Å². The number of hydrogen-bond donors (Lipinski definition) is 5. The van der Waals surface area contributed by atoms with Gasteiger partial charge in [-0.15, -0.1) is 0 Å². The number of aliphatic hydroxyl groups is 1. The van der Waals surface area contributed by atoms with Crippen molar-refractivity contribution in [2.45, 2.75) is 81.9 Å². The number of ketones is 1. The monoisotopic (exact) mass is 742 g/mol. The van der Waals surface area contributed by atoms with Crippen LogP contribution in [-0.2, 0) is 39.5 Å². The first kappa shape index (κ1) is 35.5. The van der Waals surface area contributed by atoms with Crippen molar-refractivity contribution in [2.24, 2.45) is 0 Å². The number of halogens is 1. The van der Waals surface area contributed by atoms with E-state index in [1.165, 1.54) is 28.1 Å². The van der Waals surface area contributed by atoms with Crippen LogP contribution in [0.5, 0.6) is 0 Å². The standard InChI is InChI=1S/C26H36FN10O9PSSi/c1-26(2,3)49(4,5)46-17-11(6-38)43-24(37-10-33-15-21(37)34-25(29)35-22(15)40)18(17)45-47(41,48)42-7-12-16(39)13(27)23(44-12)36-9-32-14-19(28)30-8-31-20(14)36/h8-13,17-18,23-24,38H,6-7H2,1-5H3,(H,41,48)(H2,28,30,31)(H3,29,34,35,40)/t11-,12-,13?,17?,18?,23-,24-,47?/m1/s1. The lowest BCUT2D eigenvalue weighted by molar-refractivity contribution is -0.126. The van der Waals surface area contributed by atoms with Crippen LogP contribution in [0.3, 0.4) is 0 Å². The maximum absolute atomic E-state index is 15.3. The Morgan fingerprint density at radius 3 is 2.41 bits per heavy atom. The number of carbonyl (C=O) groups is 1. The summed E-state index contributed by atoms with van der Waals surface area (Å²) in [6.07, 6.45) is -5.94. The third kappa shape index (κ3) is 6.53. The van der Waals surface area contributed by atoms with Gasteiger partial charge in [-0.25, -0.2) is 24.3 Å².